The Kier molecular flexibility index (Phi) is 7.94. The second-order valence-electron chi connectivity index (χ2n) is 8.21. The highest BCUT2D eigenvalue weighted by Gasteiger charge is 2.22. The Morgan fingerprint density at radius 3 is 2.32 bits per heavy atom. The van der Waals surface area contributed by atoms with E-state index in [1.54, 1.807) is 17.5 Å². The number of thiocarbonyl (C=S) groups is 1. The number of carbonyl (C=O) groups excluding carboxylic acids is 1. The SMILES string of the molecule is CN1CCC(N(C)c2ccc(NC(=S)Nc3ccc(NC(=O)c4csnn4)cc3)cc2Cl)CC1. The Labute approximate surface area is 213 Å². The highest BCUT2D eigenvalue weighted by Crippen LogP contribution is 2.31. The Balaban J connectivity index is 1.31. The van der Waals surface area contributed by atoms with Crippen LogP contribution in [0.3, 0.4) is 0 Å². The molecule has 1 aliphatic heterocycles. The molecular weight excluding hydrogens is 490 g/mol. The van der Waals surface area contributed by atoms with Crippen molar-refractivity contribution >= 4 is 69.1 Å². The van der Waals surface area contributed by atoms with Crippen molar-refractivity contribution in [3.05, 3.63) is 58.6 Å². The summed E-state index contributed by atoms with van der Waals surface area (Å²) in [7, 11) is 4.27. The van der Waals surface area contributed by atoms with Crippen molar-refractivity contribution in [2.75, 3.05) is 48.0 Å². The maximum Gasteiger partial charge on any atom is 0.277 e. The van der Waals surface area contributed by atoms with Crippen LogP contribution in [0, 0.1) is 0 Å². The molecule has 1 saturated heterocycles. The number of halogens is 1. The van der Waals surface area contributed by atoms with Crippen molar-refractivity contribution in [1.82, 2.24) is 14.5 Å². The molecule has 2 heterocycles. The molecule has 34 heavy (non-hydrogen) atoms. The monoisotopic (exact) mass is 515 g/mol. The van der Waals surface area contributed by atoms with E-state index in [1.165, 1.54) is 0 Å². The fourth-order valence-electron chi connectivity index (χ4n) is 3.84. The van der Waals surface area contributed by atoms with Crippen LogP contribution in [0.2, 0.25) is 5.02 Å². The summed E-state index contributed by atoms with van der Waals surface area (Å²) in [5.41, 5.74) is 3.56. The lowest BCUT2D eigenvalue weighted by Gasteiger charge is -2.36. The van der Waals surface area contributed by atoms with Gasteiger partial charge in [0.25, 0.3) is 5.91 Å². The van der Waals surface area contributed by atoms with E-state index in [1.807, 2.05) is 30.3 Å². The van der Waals surface area contributed by atoms with Crippen LogP contribution in [0.25, 0.3) is 0 Å². The first-order chi connectivity index (χ1) is 16.4. The number of piperidine rings is 1. The third-order valence-electron chi connectivity index (χ3n) is 5.81. The smallest absolute Gasteiger partial charge is 0.277 e. The Hall–Kier alpha value is -2.79. The van der Waals surface area contributed by atoms with Gasteiger partial charge in [-0.05, 0) is 99.2 Å². The van der Waals surface area contributed by atoms with Gasteiger partial charge in [0.2, 0.25) is 0 Å². The number of nitrogens with zero attached hydrogens (tertiary/aromatic N) is 4. The number of aromatic nitrogens is 2. The number of rotatable bonds is 6. The van der Waals surface area contributed by atoms with E-state index in [0.29, 0.717) is 27.6 Å². The largest absolute Gasteiger partial charge is 0.370 e. The summed E-state index contributed by atoms with van der Waals surface area (Å²) in [6.45, 7) is 2.20. The first-order valence-corrected chi connectivity index (χ1v) is 12.5. The van der Waals surface area contributed by atoms with Crippen molar-refractivity contribution in [2.45, 2.75) is 18.9 Å². The van der Waals surface area contributed by atoms with E-state index in [0.717, 1.165) is 54.5 Å². The maximum absolute atomic E-state index is 12.1. The zero-order chi connectivity index (χ0) is 24.1. The Morgan fingerprint density at radius 1 is 1.09 bits per heavy atom. The van der Waals surface area contributed by atoms with Crippen molar-refractivity contribution in [2.24, 2.45) is 0 Å². The van der Waals surface area contributed by atoms with Crippen molar-refractivity contribution in [3.63, 3.8) is 0 Å². The summed E-state index contributed by atoms with van der Waals surface area (Å²) in [6.07, 6.45) is 2.25. The third kappa shape index (κ3) is 6.20. The van der Waals surface area contributed by atoms with Crippen molar-refractivity contribution in [1.29, 1.82) is 0 Å². The van der Waals surface area contributed by atoms with Gasteiger partial charge < -0.3 is 25.8 Å². The van der Waals surface area contributed by atoms with E-state index in [-0.39, 0.29) is 5.91 Å². The molecule has 1 fully saturated rings. The molecule has 11 heteroatoms. The number of benzene rings is 2. The van der Waals surface area contributed by atoms with Gasteiger partial charge in [-0.3, -0.25) is 4.79 Å². The first-order valence-electron chi connectivity index (χ1n) is 10.9. The zero-order valence-electron chi connectivity index (χ0n) is 18.9. The predicted octanol–water partition coefficient (Wildman–Crippen LogP) is 4.78. The summed E-state index contributed by atoms with van der Waals surface area (Å²) in [4.78, 5) is 16.7. The van der Waals surface area contributed by atoms with Crippen molar-refractivity contribution in [3.8, 4) is 0 Å². The minimum atomic E-state index is -0.298. The number of amides is 1. The van der Waals surface area contributed by atoms with Crippen LogP contribution in [0.1, 0.15) is 23.3 Å². The summed E-state index contributed by atoms with van der Waals surface area (Å²) >= 11 is 13.2. The quantitative estimate of drug-likeness (QED) is 0.404. The summed E-state index contributed by atoms with van der Waals surface area (Å²) in [5, 5.41) is 15.6. The normalized spacial score (nSPS) is 14.4. The molecule has 0 radical (unpaired) electrons. The van der Waals surface area contributed by atoms with E-state index in [4.69, 9.17) is 23.8 Å². The average molecular weight is 516 g/mol. The van der Waals surface area contributed by atoms with Gasteiger partial charge in [-0.1, -0.05) is 16.1 Å². The number of hydrogen-bond donors (Lipinski definition) is 3. The second kappa shape index (κ2) is 11.1. The number of hydrogen-bond acceptors (Lipinski definition) is 7. The number of anilines is 4. The molecule has 1 aliphatic rings. The van der Waals surface area contributed by atoms with Crippen LogP contribution in [-0.2, 0) is 0 Å². The van der Waals surface area contributed by atoms with E-state index in [2.05, 4.69) is 49.4 Å². The van der Waals surface area contributed by atoms with Gasteiger partial charge in [0.15, 0.2) is 10.8 Å². The molecule has 178 valence electrons. The number of likely N-dealkylation sites (tertiary alicyclic amines) is 1. The maximum atomic E-state index is 12.1. The fraction of sp³-hybridized carbons (Fsp3) is 0.304. The molecule has 4 rings (SSSR count). The topological polar surface area (TPSA) is 85.4 Å². The van der Waals surface area contributed by atoms with Crippen LogP contribution in [0.4, 0.5) is 22.7 Å². The van der Waals surface area contributed by atoms with E-state index >= 15 is 0 Å². The van der Waals surface area contributed by atoms with Gasteiger partial charge in [0, 0.05) is 35.5 Å². The molecule has 3 N–H and O–H groups in total. The molecule has 2 aromatic carbocycles. The van der Waals surface area contributed by atoms with Crippen LogP contribution >= 0.6 is 35.4 Å². The van der Waals surface area contributed by atoms with Gasteiger partial charge in [-0.2, -0.15) is 0 Å². The molecule has 0 saturated carbocycles. The van der Waals surface area contributed by atoms with Crippen LogP contribution in [-0.4, -0.2) is 58.7 Å². The van der Waals surface area contributed by atoms with Gasteiger partial charge in [-0.15, -0.1) is 5.10 Å². The molecule has 1 aromatic heterocycles. The molecule has 0 atom stereocenters. The van der Waals surface area contributed by atoms with Gasteiger partial charge in [0.05, 0.1) is 10.7 Å². The molecule has 0 unspecified atom stereocenters. The molecule has 0 spiro atoms. The summed E-state index contributed by atoms with van der Waals surface area (Å²) in [5.74, 6) is -0.298. The molecule has 8 nitrogen and oxygen atoms in total. The third-order valence-corrected chi connectivity index (χ3v) is 6.83. The molecular formula is C23H26ClN7OS2. The zero-order valence-corrected chi connectivity index (χ0v) is 21.3. The van der Waals surface area contributed by atoms with Crippen LogP contribution in [0.5, 0.6) is 0 Å². The number of nitrogens with one attached hydrogen (secondary N) is 3. The minimum absolute atomic E-state index is 0.291. The van der Waals surface area contributed by atoms with E-state index < -0.39 is 0 Å². The van der Waals surface area contributed by atoms with Gasteiger partial charge in [-0.25, -0.2) is 0 Å². The second-order valence-corrected chi connectivity index (χ2v) is 9.64. The van der Waals surface area contributed by atoms with Gasteiger partial charge in [0.1, 0.15) is 0 Å². The lowest BCUT2D eigenvalue weighted by atomic mass is 10.0. The van der Waals surface area contributed by atoms with Crippen LogP contribution in [0.15, 0.2) is 47.8 Å². The summed E-state index contributed by atoms with van der Waals surface area (Å²) < 4.78 is 3.70. The molecule has 1 amide bonds. The first kappa shape index (κ1) is 24.3. The standard InChI is InChI=1S/C23H26ClN7OS2/c1-30-11-9-18(10-12-30)31(2)21-8-7-17(13-19(21)24)27-23(33)26-16-5-3-15(4-6-16)25-22(32)20-14-34-29-28-20/h3-8,13-14,18H,9-12H2,1-2H3,(H,25,32)(H2,26,27,33). The summed E-state index contributed by atoms with van der Waals surface area (Å²) in [6, 6.07) is 13.6. The molecule has 0 bridgehead atoms. The average Bonchev–Trinajstić information content (AvgIpc) is 3.36. The number of carbonyl (C=O) groups is 1. The van der Waals surface area contributed by atoms with Gasteiger partial charge >= 0.3 is 0 Å². The predicted molar refractivity (Wildman–Crippen MR) is 145 cm³/mol. The molecule has 3 aromatic rings. The Bertz CT molecular complexity index is 1130. The van der Waals surface area contributed by atoms with Crippen molar-refractivity contribution < 1.29 is 4.79 Å². The minimum Gasteiger partial charge on any atom is -0.370 e. The molecule has 0 aliphatic carbocycles. The highest BCUT2D eigenvalue weighted by molar-refractivity contribution is 7.80. The Morgan fingerprint density at radius 2 is 1.71 bits per heavy atom. The van der Waals surface area contributed by atoms with E-state index in [9.17, 15) is 4.79 Å². The highest BCUT2D eigenvalue weighted by atomic mass is 35.5. The fourth-order valence-corrected chi connectivity index (χ4v) is 4.82. The lowest BCUT2D eigenvalue weighted by molar-refractivity contribution is 0.102. The van der Waals surface area contributed by atoms with Crippen LogP contribution < -0.4 is 20.9 Å². The lowest BCUT2D eigenvalue weighted by Crippen LogP contribution is -2.42.